The SMILES string of the molecule is O=S(=O)(NC1CCCCC1)c1ccc(-c2nnc(C3CCC3)o2)s1. The van der Waals surface area contributed by atoms with E-state index >= 15 is 0 Å². The monoisotopic (exact) mass is 367 g/mol. The molecule has 0 unspecified atom stereocenters. The third kappa shape index (κ3) is 3.27. The third-order valence-electron chi connectivity index (χ3n) is 4.88. The Balaban J connectivity index is 1.49. The van der Waals surface area contributed by atoms with Crippen LogP contribution in [0.15, 0.2) is 20.8 Å². The third-order valence-corrected chi connectivity index (χ3v) is 7.96. The van der Waals surface area contributed by atoms with Crippen LogP contribution in [0.5, 0.6) is 0 Å². The Hall–Kier alpha value is -1.25. The summed E-state index contributed by atoms with van der Waals surface area (Å²) in [7, 11) is -3.47. The van der Waals surface area contributed by atoms with Crippen LogP contribution in [0.4, 0.5) is 0 Å². The van der Waals surface area contributed by atoms with Gasteiger partial charge in [0.2, 0.25) is 15.9 Å². The van der Waals surface area contributed by atoms with Gasteiger partial charge in [-0.1, -0.05) is 25.7 Å². The maximum absolute atomic E-state index is 12.5. The van der Waals surface area contributed by atoms with Gasteiger partial charge in [-0.25, -0.2) is 13.1 Å². The van der Waals surface area contributed by atoms with Crippen LogP contribution in [0.2, 0.25) is 0 Å². The Labute approximate surface area is 145 Å². The van der Waals surface area contributed by atoms with Crippen LogP contribution in [0.1, 0.15) is 63.2 Å². The second-order valence-corrected chi connectivity index (χ2v) is 9.67. The average Bonchev–Trinajstić information content (AvgIpc) is 3.15. The molecule has 2 saturated carbocycles. The molecule has 0 radical (unpaired) electrons. The van der Waals surface area contributed by atoms with Gasteiger partial charge in [-0.3, -0.25) is 0 Å². The zero-order valence-electron chi connectivity index (χ0n) is 13.4. The van der Waals surface area contributed by atoms with Crippen molar-refractivity contribution in [1.82, 2.24) is 14.9 Å². The fraction of sp³-hybridized carbons (Fsp3) is 0.625. The summed E-state index contributed by atoms with van der Waals surface area (Å²) in [6, 6.07) is 3.43. The summed E-state index contributed by atoms with van der Waals surface area (Å²) >= 11 is 1.19. The van der Waals surface area contributed by atoms with Crippen LogP contribution < -0.4 is 4.72 Å². The van der Waals surface area contributed by atoms with Crippen LogP contribution in [-0.2, 0) is 10.0 Å². The van der Waals surface area contributed by atoms with Gasteiger partial charge >= 0.3 is 0 Å². The zero-order chi connectivity index (χ0) is 16.6. The Morgan fingerprint density at radius 2 is 1.83 bits per heavy atom. The summed E-state index contributed by atoms with van der Waals surface area (Å²) in [5, 5.41) is 8.18. The summed E-state index contributed by atoms with van der Waals surface area (Å²) in [6.45, 7) is 0. The van der Waals surface area contributed by atoms with Crippen molar-refractivity contribution >= 4 is 21.4 Å². The predicted molar refractivity (Wildman–Crippen MR) is 91.4 cm³/mol. The van der Waals surface area contributed by atoms with Crippen LogP contribution in [0, 0.1) is 0 Å². The average molecular weight is 367 g/mol. The van der Waals surface area contributed by atoms with Crippen molar-refractivity contribution in [2.75, 3.05) is 0 Å². The zero-order valence-corrected chi connectivity index (χ0v) is 15.0. The number of rotatable bonds is 5. The molecule has 0 spiro atoms. The fourth-order valence-electron chi connectivity index (χ4n) is 3.23. The van der Waals surface area contributed by atoms with Crippen molar-refractivity contribution in [3.63, 3.8) is 0 Å². The maximum Gasteiger partial charge on any atom is 0.257 e. The van der Waals surface area contributed by atoms with Crippen molar-refractivity contribution in [3.8, 4) is 10.8 Å². The number of thiophene rings is 1. The summed E-state index contributed by atoms with van der Waals surface area (Å²) in [6.07, 6.45) is 8.62. The van der Waals surface area contributed by atoms with E-state index in [0.29, 0.717) is 26.8 Å². The number of hydrogen-bond donors (Lipinski definition) is 1. The van der Waals surface area contributed by atoms with Crippen molar-refractivity contribution in [2.45, 2.75) is 67.5 Å². The summed E-state index contributed by atoms with van der Waals surface area (Å²) in [4.78, 5) is 0.706. The number of nitrogens with one attached hydrogen (secondary N) is 1. The van der Waals surface area contributed by atoms with Crippen molar-refractivity contribution in [2.24, 2.45) is 0 Å². The lowest BCUT2D eigenvalue weighted by molar-refractivity contribution is 0.338. The molecule has 2 fully saturated rings. The van der Waals surface area contributed by atoms with Crippen LogP contribution in [-0.4, -0.2) is 24.7 Å². The van der Waals surface area contributed by atoms with Gasteiger partial charge in [0, 0.05) is 12.0 Å². The Bertz CT molecular complexity index is 802. The van der Waals surface area contributed by atoms with Crippen LogP contribution >= 0.6 is 11.3 Å². The number of sulfonamides is 1. The molecule has 24 heavy (non-hydrogen) atoms. The number of aromatic nitrogens is 2. The standard InChI is InChI=1S/C16H21N3O3S2/c20-24(21,19-12-7-2-1-3-8-12)14-10-9-13(23-14)16-18-17-15(22-16)11-5-4-6-11/h9-12,19H,1-8H2. The molecule has 1 N–H and O–H groups in total. The highest BCUT2D eigenvalue weighted by Gasteiger charge is 2.27. The van der Waals surface area contributed by atoms with E-state index in [1.807, 2.05) is 0 Å². The molecular formula is C16H21N3O3S2. The molecule has 2 aliphatic carbocycles. The Morgan fingerprint density at radius 3 is 2.54 bits per heavy atom. The summed E-state index contributed by atoms with van der Waals surface area (Å²) in [5.74, 6) is 1.47. The van der Waals surface area contributed by atoms with E-state index in [2.05, 4.69) is 14.9 Å². The van der Waals surface area contributed by atoms with Crippen LogP contribution in [0.3, 0.4) is 0 Å². The molecule has 0 bridgehead atoms. The van der Waals surface area contributed by atoms with E-state index in [9.17, 15) is 8.42 Å². The van der Waals surface area contributed by atoms with Gasteiger partial charge in [0.25, 0.3) is 5.89 Å². The van der Waals surface area contributed by atoms with E-state index in [1.54, 1.807) is 12.1 Å². The van der Waals surface area contributed by atoms with Gasteiger partial charge < -0.3 is 4.42 Å². The predicted octanol–water partition coefficient (Wildman–Crippen LogP) is 3.68. The maximum atomic E-state index is 12.5. The van der Waals surface area contributed by atoms with Gasteiger partial charge in [0.05, 0.1) is 4.88 Å². The van der Waals surface area contributed by atoms with Gasteiger partial charge in [0.15, 0.2) is 0 Å². The highest BCUT2D eigenvalue weighted by Crippen LogP contribution is 2.37. The normalized spacial score (nSPS) is 20.2. The first-order valence-corrected chi connectivity index (χ1v) is 10.9. The molecule has 0 saturated heterocycles. The molecule has 2 aliphatic rings. The molecule has 4 rings (SSSR count). The minimum absolute atomic E-state index is 0.0583. The molecule has 0 aliphatic heterocycles. The molecular weight excluding hydrogens is 346 g/mol. The van der Waals surface area contributed by atoms with Crippen molar-refractivity contribution < 1.29 is 12.8 Å². The molecule has 0 atom stereocenters. The fourth-order valence-corrected chi connectivity index (χ4v) is 5.78. The van der Waals surface area contributed by atoms with E-state index in [0.717, 1.165) is 38.5 Å². The highest BCUT2D eigenvalue weighted by atomic mass is 32.2. The lowest BCUT2D eigenvalue weighted by atomic mass is 9.85. The smallest absolute Gasteiger partial charge is 0.257 e. The molecule has 0 amide bonds. The highest BCUT2D eigenvalue weighted by molar-refractivity contribution is 7.91. The Kier molecular flexibility index (Phi) is 4.44. The molecule has 6 nitrogen and oxygen atoms in total. The second-order valence-electron chi connectivity index (χ2n) is 6.65. The van der Waals surface area contributed by atoms with E-state index in [1.165, 1.54) is 24.2 Å². The lowest BCUT2D eigenvalue weighted by Gasteiger charge is -2.22. The summed E-state index contributed by atoms with van der Waals surface area (Å²) in [5.41, 5.74) is 0. The molecule has 2 aromatic heterocycles. The van der Waals surface area contributed by atoms with Gasteiger partial charge in [0.1, 0.15) is 4.21 Å². The van der Waals surface area contributed by atoms with E-state index in [4.69, 9.17) is 4.42 Å². The van der Waals surface area contributed by atoms with Crippen LogP contribution in [0.25, 0.3) is 10.8 Å². The molecule has 0 aromatic carbocycles. The first-order chi connectivity index (χ1) is 11.6. The minimum atomic E-state index is -3.47. The minimum Gasteiger partial charge on any atom is -0.420 e. The van der Waals surface area contributed by atoms with E-state index in [-0.39, 0.29) is 6.04 Å². The molecule has 2 heterocycles. The topological polar surface area (TPSA) is 85.1 Å². The van der Waals surface area contributed by atoms with Crippen molar-refractivity contribution in [3.05, 3.63) is 18.0 Å². The molecule has 130 valence electrons. The summed E-state index contributed by atoms with van der Waals surface area (Å²) < 4.78 is 34.0. The second kappa shape index (κ2) is 6.57. The lowest BCUT2D eigenvalue weighted by Crippen LogP contribution is -2.35. The van der Waals surface area contributed by atoms with Gasteiger partial charge in [-0.2, -0.15) is 0 Å². The largest absolute Gasteiger partial charge is 0.420 e. The Morgan fingerprint density at radius 1 is 1.04 bits per heavy atom. The molecule has 8 heteroatoms. The first kappa shape index (κ1) is 16.2. The number of hydrogen-bond acceptors (Lipinski definition) is 6. The van der Waals surface area contributed by atoms with E-state index < -0.39 is 10.0 Å². The quantitative estimate of drug-likeness (QED) is 0.871. The van der Waals surface area contributed by atoms with Crippen molar-refractivity contribution in [1.29, 1.82) is 0 Å². The molecule has 2 aromatic rings. The first-order valence-electron chi connectivity index (χ1n) is 8.58. The number of nitrogens with zero attached hydrogens (tertiary/aromatic N) is 2. The van der Waals surface area contributed by atoms with Gasteiger partial charge in [-0.15, -0.1) is 21.5 Å². The van der Waals surface area contributed by atoms with Gasteiger partial charge in [-0.05, 0) is 37.8 Å².